The van der Waals surface area contributed by atoms with Crippen molar-refractivity contribution >= 4 is 34.9 Å². The van der Waals surface area contributed by atoms with Crippen LogP contribution < -0.4 is 0 Å². The van der Waals surface area contributed by atoms with Crippen LogP contribution in [0.25, 0.3) is 0 Å². The van der Waals surface area contributed by atoms with Crippen molar-refractivity contribution in [2.45, 2.75) is 47.5 Å². The molecule has 0 heterocycles. The van der Waals surface area contributed by atoms with Crippen molar-refractivity contribution in [1.29, 1.82) is 0 Å². The lowest BCUT2D eigenvalue weighted by Gasteiger charge is -2.22. The molecule has 0 atom stereocenters. The highest BCUT2D eigenvalue weighted by Crippen LogP contribution is 2.27. The van der Waals surface area contributed by atoms with Crippen LogP contribution in [-0.2, 0) is 14.4 Å². The minimum absolute atomic E-state index is 0. The molecular formula is C13H25AlO5. The molecule has 110 valence electrons. The second-order valence-electron chi connectivity index (χ2n) is 4.05. The van der Waals surface area contributed by atoms with Gasteiger partial charge in [-0.15, -0.1) is 0 Å². The fourth-order valence-corrected chi connectivity index (χ4v) is 1.50. The van der Waals surface area contributed by atoms with E-state index < -0.39 is 11.4 Å². The summed E-state index contributed by atoms with van der Waals surface area (Å²) in [6, 6.07) is 0. The number of rotatable bonds is 5. The van der Waals surface area contributed by atoms with Crippen molar-refractivity contribution in [2.75, 3.05) is 0 Å². The van der Waals surface area contributed by atoms with E-state index in [2.05, 4.69) is 0 Å². The fourth-order valence-electron chi connectivity index (χ4n) is 1.50. The number of ketones is 2. The van der Waals surface area contributed by atoms with E-state index in [1.807, 2.05) is 0 Å². The molecule has 0 aromatic carbocycles. The van der Waals surface area contributed by atoms with Gasteiger partial charge in [0.25, 0.3) is 0 Å². The molecule has 0 radical (unpaired) electrons. The minimum atomic E-state index is -1.14. The summed E-state index contributed by atoms with van der Waals surface area (Å²) >= 11 is 0. The summed E-state index contributed by atoms with van der Waals surface area (Å²) in [4.78, 5) is 31.7. The third-order valence-corrected chi connectivity index (χ3v) is 2.70. The fraction of sp³-hybridized carbons (Fsp3) is 0.615. The van der Waals surface area contributed by atoms with Gasteiger partial charge in [0.2, 0.25) is 0 Å². The van der Waals surface area contributed by atoms with Gasteiger partial charge in [-0.3, -0.25) is 14.4 Å². The van der Waals surface area contributed by atoms with E-state index in [4.69, 9.17) is 10.2 Å². The normalized spacial score (nSPS) is 10.7. The standard InChI is InChI=1S/C8H14O3.C5H8O2.Al.3H/c1-4-8(5-2,6(3)9)7(10)11;1-4(6)3-5(2)7;;;;/h4-5H2,1-3H3,(H,10,11);3,6H,1-2H3;;;;/b;4-3-;;;;. The molecule has 0 amide bonds. The second kappa shape index (κ2) is 10.8. The molecule has 0 unspecified atom stereocenters. The lowest BCUT2D eigenvalue weighted by molar-refractivity contribution is -0.154. The summed E-state index contributed by atoms with van der Waals surface area (Å²) in [6.07, 6.45) is 1.91. The highest BCUT2D eigenvalue weighted by molar-refractivity contribution is 6.01. The number of hydrogen-bond acceptors (Lipinski definition) is 4. The summed E-state index contributed by atoms with van der Waals surface area (Å²) in [5.74, 6) is -1.32. The Hall–Kier alpha value is -1.12. The average Bonchev–Trinajstić information content (AvgIpc) is 2.17. The predicted octanol–water partition coefficient (Wildman–Crippen LogP) is 1.32. The van der Waals surface area contributed by atoms with Crippen LogP contribution >= 0.6 is 0 Å². The number of aliphatic hydroxyl groups excluding tert-OH is 1. The van der Waals surface area contributed by atoms with Crippen molar-refractivity contribution < 1.29 is 24.6 Å². The number of aliphatic carboxylic acids is 1. The van der Waals surface area contributed by atoms with Gasteiger partial charge in [-0.25, -0.2) is 0 Å². The molecule has 0 saturated heterocycles. The zero-order valence-electron chi connectivity index (χ0n) is 11.6. The first kappa shape index (κ1) is 23.0. The molecule has 0 aliphatic heterocycles. The minimum Gasteiger partial charge on any atom is -0.512 e. The predicted molar refractivity (Wildman–Crippen MR) is 78.3 cm³/mol. The molecule has 6 heteroatoms. The maximum atomic E-state index is 11.0. The molecule has 0 fully saturated rings. The Morgan fingerprint density at radius 2 is 1.37 bits per heavy atom. The Bertz CT molecular complexity index is 323. The van der Waals surface area contributed by atoms with Gasteiger partial charge >= 0.3 is 5.97 Å². The van der Waals surface area contributed by atoms with Crippen LogP contribution in [0, 0.1) is 5.41 Å². The van der Waals surface area contributed by atoms with E-state index in [9.17, 15) is 14.4 Å². The van der Waals surface area contributed by atoms with Crippen molar-refractivity contribution in [3.63, 3.8) is 0 Å². The third-order valence-electron chi connectivity index (χ3n) is 2.70. The molecule has 0 bridgehead atoms. The maximum Gasteiger partial charge on any atom is 0.317 e. The Kier molecular flexibility index (Phi) is 13.0. The highest BCUT2D eigenvalue weighted by Gasteiger charge is 2.39. The summed E-state index contributed by atoms with van der Waals surface area (Å²) in [6.45, 7) is 7.63. The molecule has 5 nitrogen and oxygen atoms in total. The van der Waals surface area contributed by atoms with Crippen LogP contribution in [0.2, 0.25) is 0 Å². The van der Waals surface area contributed by atoms with E-state index in [0.29, 0.717) is 12.8 Å². The van der Waals surface area contributed by atoms with Gasteiger partial charge in [0.15, 0.2) is 23.1 Å². The van der Waals surface area contributed by atoms with Gasteiger partial charge in [-0.2, -0.15) is 0 Å². The summed E-state index contributed by atoms with van der Waals surface area (Å²) in [5.41, 5.74) is -1.14. The smallest absolute Gasteiger partial charge is 0.317 e. The number of hydrogen-bond donors (Lipinski definition) is 2. The Balaban J connectivity index is -0.000000280. The third kappa shape index (κ3) is 8.57. The number of carboxylic acids is 1. The lowest BCUT2D eigenvalue weighted by atomic mass is 9.79. The van der Waals surface area contributed by atoms with Crippen LogP contribution in [0.1, 0.15) is 47.5 Å². The lowest BCUT2D eigenvalue weighted by Crippen LogP contribution is -2.36. The van der Waals surface area contributed by atoms with Gasteiger partial charge in [0.1, 0.15) is 11.2 Å². The Labute approximate surface area is 124 Å². The van der Waals surface area contributed by atoms with Crippen LogP contribution in [-0.4, -0.2) is 45.1 Å². The molecular weight excluding hydrogens is 263 g/mol. The monoisotopic (exact) mass is 288 g/mol. The molecule has 0 aromatic heterocycles. The van der Waals surface area contributed by atoms with Gasteiger partial charge in [0.05, 0.1) is 5.76 Å². The zero-order valence-corrected chi connectivity index (χ0v) is 11.6. The number of carbonyl (C=O) groups excluding carboxylic acids is 2. The molecule has 0 spiro atoms. The molecule has 2 N–H and O–H groups in total. The number of allylic oxidation sites excluding steroid dienone is 2. The quantitative estimate of drug-likeness (QED) is 0.344. The molecule has 0 aliphatic carbocycles. The van der Waals surface area contributed by atoms with E-state index in [1.165, 1.54) is 26.8 Å². The summed E-state index contributed by atoms with van der Waals surface area (Å²) < 4.78 is 0. The number of carbonyl (C=O) groups is 3. The first-order chi connectivity index (χ1) is 8.13. The first-order valence-corrected chi connectivity index (χ1v) is 5.76. The second-order valence-corrected chi connectivity index (χ2v) is 4.05. The molecule has 0 aromatic rings. The van der Waals surface area contributed by atoms with Gasteiger partial charge in [-0.05, 0) is 33.6 Å². The largest absolute Gasteiger partial charge is 0.512 e. The molecule has 0 saturated carbocycles. The maximum absolute atomic E-state index is 11.0. The van der Waals surface area contributed by atoms with Crippen LogP contribution in [0.5, 0.6) is 0 Å². The summed E-state index contributed by atoms with van der Waals surface area (Å²) in [7, 11) is 0. The van der Waals surface area contributed by atoms with E-state index in [-0.39, 0.29) is 34.7 Å². The molecule has 0 aliphatic rings. The van der Waals surface area contributed by atoms with E-state index >= 15 is 0 Å². The van der Waals surface area contributed by atoms with Crippen molar-refractivity contribution in [2.24, 2.45) is 5.41 Å². The molecule has 19 heavy (non-hydrogen) atoms. The Morgan fingerprint density at radius 1 is 1.00 bits per heavy atom. The van der Waals surface area contributed by atoms with Crippen molar-refractivity contribution in [3.05, 3.63) is 11.8 Å². The number of Topliss-reactive ketones (excluding diaryl/α,β-unsaturated/α-hetero) is 1. The van der Waals surface area contributed by atoms with Gasteiger partial charge in [-0.1, -0.05) is 13.8 Å². The van der Waals surface area contributed by atoms with Crippen molar-refractivity contribution in [3.8, 4) is 0 Å². The van der Waals surface area contributed by atoms with Gasteiger partial charge in [0, 0.05) is 6.08 Å². The molecule has 0 rings (SSSR count). The van der Waals surface area contributed by atoms with Crippen LogP contribution in [0.4, 0.5) is 0 Å². The first-order valence-electron chi connectivity index (χ1n) is 5.76. The number of carboxylic acid groups (broad SMARTS) is 1. The topological polar surface area (TPSA) is 91.7 Å². The average molecular weight is 288 g/mol. The van der Waals surface area contributed by atoms with Crippen LogP contribution in [0.3, 0.4) is 0 Å². The highest BCUT2D eigenvalue weighted by atomic mass is 27.0. The zero-order chi connectivity index (χ0) is 14.9. The van der Waals surface area contributed by atoms with Crippen molar-refractivity contribution in [1.82, 2.24) is 0 Å². The SMILES string of the molecule is CC(=O)/C=C(/C)O.CCC(CC)(C(C)=O)C(=O)O.[AlH3]. The van der Waals surface area contributed by atoms with Gasteiger partial charge < -0.3 is 10.2 Å². The Morgan fingerprint density at radius 3 is 1.37 bits per heavy atom. The number of aliphatic hydroxyl groups is 1. The van der Waals surface area contributed by atoms with Crippen LogP contribution in [0.15, 0.2) is 11.8 Å². The summed E-state index contributed by atoms with van der Waals surface area (Å²) in [5, 5.41) is 17.1. The van der Waals surface area contributed by atoms with E-state index in [0.717, 1.165) is 0 Å². The van der Waals surface area contributed by atoms with E-state index in [1.54, 1.807) is 13.8 Å².